The number of aromatic nitrogens is 6. The van der Waals surface area contributed by atoms with Crippen LogP contribution in [0.2, 0.25) is 5.02 Å². The average molecular weight is 588 g/mol. The van der Waals surface area contributed by atoms with Gasteiger partial charge in [-0.3, -0.25) is 14.9 Å². The lowest BCUT2D eigenvalue weighted by Gasteiger charge is -2.14. The molecule has 13 nitrogen and oxygen atoms in total. The molecule has 0 radical (unpaired) electrons. The molecule has 2 aromatic carbocycles. The lowest BCUT2D eigenvalue weighted by Crippen LogP contribution is -2.27. The molecule has 5 rings (SSSR count). The third-order valence-electron chi connectivity index (χ3n) is 6.36. The van der Waals surface area contributed by atoms with Gasteiger partial charge in [0.15, 0.2) is 0 Å². The van der Waals surface area contributed by atoms with Crippen molar-refractivity contribution in [2.45, 2.75) is 18.9 Å². The second kappa shape index (κ2) is 12.9. The first kappa shape index (κ1) is 28.2. The van der Waals surface area contributed by atoms with E-state index in [1.54, 1.807) is 48.7 Å². The maximum atomic E-state index is 13.1. The molecule has 2 aromatic heterocycles. The van der Waals surface area contributed by atoms with Crippen LogP contribution in [0.1, 0.15) is 40.6 Å². The number of carbonyl (C=O) groups excluding carboxylic acids is 3. The number of amides is 3. The highest BCUT2D eigenvalue weighted by atomic mass is 35.5. The normalized spacial score (nSPS) is 15.1. The number of carbonyl (C=O) groups is 3. The van der Waals surface area contributed by atoms with Gasteiger partial charge in [-0.2, -0.15) is 4.68 Å². The maximum absolute atomic E-state index is 13.1. The summed E-state index contributed by atoms with van der Waals surface area (Å²) in [7, 11) is 1.26. The van der Waals surface area contributed by atoms with E-state index in [4.69, 9.17) is 11.6 Å². The third kappa shape index (κ3) is 6.70. The summed E-state index contributed by atoms with van der Waals surface area (Å²) in [4.78, 5) is 45.6. The van der Waals surface area contributed by atoms with Gasteiger partial charge in [0.1, 0.15) is 12.2 Å². The molecule has 0 spiro atoms. The first-order valence-corrected chi connectivity index (χ1v) is 13.3. The van der Waals surface area contributed by atoms with Gasteiger partial charge in [-0.1, -0.05) is 23.8 Å². The Hall–Kier alpha value is -5.30. The lowest BCUT2D eigenvalue weighted by molar-refractivity contribution is -0.117. The van der Waals surface area contributed by atoms with Crippen LogP contribution in [-0.2, 0) is 9.53 Å². The summed E-state index contributed by atoms with van der Waals surface area (Å²) < 4.78 is 6.14. The zero-order valence-electron chi connectivity index (χ0n) is 22.4. The molecule has 1 aliphatic rings. The first-order valence-electron chi connectivity index (χ1n) is 12.9. The number of rotatable bonds is 5. The summed E-state index contributed by atoms with van der Waals surface area (Å²) in [5, 5.41) is 20.2. The molecule has 0 fully saturated rings. The van der Waals surface area contributed by atoms with E-state index in [9.17, 15) is 14.4 Å². The molecule has 42 heavy (non-hydrogen) atoms. The number of tetrazole rings is 1. The van der Waals surface area contributed by atoms with Gasteiger partial charge in [0.2, 0.25) is 5.91 Å². The predicted molar refractivity (Wildman–Crippen MR) is 155 cm³/mol. The van der Waals surface area contributed by atoms with Crippen molar-refractivity contribution in [3.8, 4) is 16.9 Å². The van der Waals surface area contributed by atoms with Gasteiger partial charge in [0.25, 0.3) is 5.91 Å². The average Bonchev–Trinajstić information content (AvgIpc) is 3.70. The van der Waals surface area contributed by atoms with Crippen molar-refractivity contribution in [1.82, 2.24) is 40.8 Å². The molecule has 14 heteroatoms. The van der Waals surface area contributed by atoms with Gasteiger partial charge in [-0.25, -0.2) is 9.78 Å². The van der Waals surface area contributed by atoms with Crippen molar-refractivity contribution >= 4 is 41.3 Å². The van der Waals surface area contributed by atoms with Gasteiger partial charge >= 0.3 is 6.09 Å². The summed E-state index contributed by atoms with van der Waals surface area (Å²) >= 11 is 6.19. The van der Waals surface area contributed by atoms with Crippen LogP contribution in [0, 0.1) is 0 Å². The molecule has 214 valence electrons. The number of aromatic amines is 1. The Balaban J connectivity index is 1.41. The predicted octanol–water partition coefficient (Wildman–Crippen LogP) is 3.83. The van der Waals surface area contributed by atoms with Crippen molar-refractivity contribution in [2.24, 2.45) is 0 Å². The Kier molecular flexibility index (Phi) is 8.68. The van der Waals surface area contributed by atoms with E-state index in [1.807, 2.05) is 12.2 Å². The fourth-order valence-electron chi connectivity index (χ4n) is 4.34. The highest BCUT2D eigenvalue weighted by Crippen LogP contribution is 2.28. The number of methoxy groups -OCH3 is 1. The molecule has 0 saturated carbocycles. The Labute approximate surface area is 245 Å². The number of hydrogen-bond donors (Lipinski definition) is 4. The largest absolute Gasteiger partial charge is 0.453 e. The molecule has 4 aromatic rings. The first-order chi connectivity index (χ1) is 20.4. The topological polar surface area (TPSA) is 169 Å². The van der Waals surface area contributed by atoms with Gasteiger partial charge in [0.05, 0.1) is 36.3 Å². The zero-order chi connectivity index (χ0) is 29.5. The highest BCUT2D eigenvalue weighted by Gasteiger charge is 2.20. The van der Waals surface area contributed by atoms with Crippen molar-refractivity contribution in [1.29, 1.82) is 0 Å². The molecule has 4 N–H and O–H groups in total. The second-order valence-electron chi connectivity index (χ2n) is 9.16. The highest BCUT2D eigenvalue weighted by molar-refractivity contribution is 6.30. The Morgan fingerprint density at radius 3 is 2.86 bits per heavy atom. The van der Waals surface area contributed by atoms with Crippen molar-refractivity contribution in [3.05, 3.63) is 89.1 Å². The summed E-state index contributed by atoms with van der Waals surface area (Å²) in [6.07, 6.45) is 10.3. The van der Waals surface area contributed by atoms with Crippen LogP contribution in [0.25, 0.3) is 23.0 Å². The number of anilines is 1. The Morgan fingerprint density at radius 2 is 2.05 bits per heavy atom. The molecule has 2 bridgehead atoms. The second-order valence-corrected chi connectivity index (χ2v) is 9.60. The molecule has 1 atom stereocenters. The van der Waals surface area contributed by atoms with E-state index in [0.29, 0.717) is 64.0 Å². The molecule has 3 amide bonds. The lowest BCUT2D eigenvalue weighted by atomic mass is 10.0. The SMILES string of the molecule is COC(=O)Nc1ccc2c(c1)C(=O)NCCC=CCC(NC(=O)C=Cc1cc(Cl)ccc1-n1cnnn1)c1ncc-2[nH]1. The minimum absolute atomic E-state index is 0.306. The fourth-order valence-corrected chi connectivity index (χ4v) is 4.52. The molecular formula is C28H26ClN9O4. The monoisotopic (exact) mass is 587 g/mol. The summed E-state index contributed by atoms with van der Waals surface area (Å²) in [5.74, 6) is -0.149. The number of ether oxygens (including phenoxy) is 1. The summed E-state index contributed by atoms with van der Waals surface area (Å²) in [6.45, 7) is 0.403. The van der Waals surface area contributed by atoms with E-state index in [-0.39, 0.29) is 11.8 Å². The number of nitrogens with one attached hydrogen (secondary N) is 4. The van der Waals surface area contributed by atoms with Crippen LogP contribution < -0.4 is 16.0 Å². The van der Waals surface area contributed by atoms with Crippen LogP contribution in [0.5, 0.6) is 0 Å². The number of benzene rings is 2. The van der Waals surface area contributed by atoms with E-state index < -0.39 is 12.1 Å². The van der Waals surface area contributed by atoms with E-state index >= 15 is 0 Å². The van der Waals surface area contributed by atoms with E-state index in [2.05, 4.69) is 46.2 Å². The molecule has 1 aliphatic heterocycles. The van der Waals surface area contributed by atoms with Crippen molar-refractivity contribution < 1.29 is 19.1 Å². The maximum Gasteiger partial charge on any atom is 0.411 e. The molecule has 1 unspecified atom stereocenters. The molecular weight excluding hydrogens is 562 g/mol. The van der Waals surface area contributed by atoms with Crippen molar-refractivity contribution in [3.63, 3.8) is 0 Å². The number of halogens is 1. The van der Waals surface area contributed by atoms with Gasteiger partial charge in [0, 0.05) is 34.5 Å². The summed E-state index contributed by atoms with van der Waals surface area (Å²) in [6, 6.07) is 9.63. The number of H-pyrrole nitrogens is 1. The van der Waals surface area contributed by atoms with Crippen LogP contribution in [0.15, 0.2) is 67.2 Å². The standard InChI is InChI=1S/C28H26ClN9O4/c1-42-28(41)33-19-8-9-20-21(14-19)27(40)30-12-4-2-3-5-22(26-31-15-23(20)35-26)34-25(39)11-6-17-13-18(29)7-10-24(17)38-16-32-36-37-38/h2-3,6-11,13-16,22H,4-5,12H2,1H3,(H,30,40)(H,31,35)(H,33,41)(H,34,39). The molecule has 0 aliphatic carbocycles. The molecule has 0 saturated heterocycles. The number of hydrogen-bond acceptors (Lipinski definition) is 8. The third-order valence-corrected chi connectivity index (χ3v) is 6.60. The van der Waals surface area contributed by atoms with Gasteiger partial charge < -0.3 is 20.4 Å². The fraction of sp³-hybridized carbons (Fsp3) is 0.179. The van der Waals surface area contributed by atoms with E-state index in [1.165, 1.54) is 24.2 Å². The Bertz CT molecular complexity index is 1660. The summed E-state index contributed by atoms with van der Waals surface area (Å²) in [5.41, 5.74) is 3.19. The van der Waals surface area contributed by atoms with Crippen LogP contribution in [-0.4, -0.2) is 61.7 Å². The van der Waals surface area contributed by atoms with Crippen LogP contribution >= 0.6 is 11.6 Å². The minimum Gasteiger partial charge on any atom is -0.453 e. The van der Waals surface area contributed by atoms with Crippen molar-refractivity contribution in [2.75, 3.05) is 19.0 Å². The quantitative estimate of drug-likeness (QED) is 0.202. The number of fused-ring (bicyclic) bond motifs is 4. The van der Waals surface area contributed by atoms with E-state index in [0.717, 1.165) is 0 Å². The van der Waals surface area contributed by atoms with Crippen LogP contribution in [0.4, 0.5) is 10.5 Å². The van der Waals surface area contributed by atoms with Gasteiger partial charge in [-0.15, -0.1) is 5.10 Å². The van der Waals surface area contributed by atoms with Crippen LogP contribution in [0.3, 0.4) is 0 Å². The zero-order valence-corrected chi connectivity index (χ0v) is 23.1. The Morgan fingerprint density at radius 1 is 1.17 bits per heavy atom. The molecule has 3 heterocycles. The number of nitrogens with zero attached hydrogens (tertiary/aromatic N) is 5. The smallest absolute Gasteiger partial charge is 0.411 e. The van der Waals surface area contributed by atoms with Gasteiger partial charge in [-0.05, 0) is 65.7 Å². The number of imidazole rings is 1. The minimum atomic E-state index is -0.649.